The predicted molar refractivity (Wildman–Crippen MR) is 155 cm³/mol. The van der Waals surface area contributed by atoms with Crippen LogP contribution in [0.15, 0.2) is 0 Å². The van der Waals surface area contributed by atoms with Crippen LogP contribution >= 0.6 is 11.8 Å². The fraction of sp³-hybridized carbons (Fsp3) is 0.857. The topological polar surface area (TPSA) is 171 Å². The van der Waals surface area contributed by atoms with Crippen LogP contribution in [0, 0.1) is 23.2 Å². The average molecular weight is 601 g/mol. The second-order valence-electron chi connectivity index (χ2n) is 12.5. The highest BCUT2D eigenvalue weighted by Crippen LogP contribution is 2.61. The van der Waals surface area contributed by atoms with E-state index in [0.29, 0.717) is 5.41 Å². The van der Waals surface area contributed by atoms with Gasteiger partial charge in [-0.15, -0.1) is 0 Å². The van der Waals surface area contributed by atoms with E-state index in [-0.39, 0.29) is 11.9 Å². The zero-order valence-corrected chi connectivity index (χ0v) is 25.4. The van der Waals surface area contributed by atoms with E-state index in [2.05, 4.69) is 23.5 Å². The zero-order chi connectivity index (χ0) is 30.3. The fourth-order valence-corrected chi connectivity index (χ4v) is 7.80. The molecule has 0 aromatic rings. The minimum absolute atomic E-state index is 0.0485. The van der Waals surface area contributed by atoms with Crippen molar-refractivity contribution in [3.63, 3.8) is 0 Å². The molecule has 5 N–H and O–H groups in total. The van der Waals surface area contributed by atoms with Gasteiger partial charge in [-0.3, -0.25) is 4.79 Å². The number of carboxylic acid groups (broad SMARTS) is 2. The van der Waals surface area contributed by atoms with E-state index in [1.807, 2.05) is 16.7 Å². The van der Waals surface area contributed by atoms with Gasteiger partial charge in [-0.05, 0) is 88.3 Å². The monoisotopic (exact) mass is 600 g/mol. The van der Waals surface area contributed by atoms with Crippen molar-refractivity contribution in [2.24, 2.45) is 23.2 Å². The molecule has 4 bridgehead atoms. The standard InChI is InChI=1S/C24H42N4O2S.C4H6O6/c1-18(22(29)27-8-6-26(2)7-9-27)25-23(30)28(10-11-31-3)5-4-24-15-19-12-20(16-24)14-21(13-19)17-24;5-1(3(7)8)2(6)4(9)10/h18-21H,4-17H2,1-3H3,(H,25,30);1-2,5-6H,(H,7,8)(H,9,10)/t18-,19?,20?,21?,24?;/m0./s1. The van der Waals surface area contributed by atoms with Gasteiger partial charge in [0.2, 0.25) is 5.91 Å². The molecule has 0 aromatic carbocycles. The van der Waals surface area contributed by atoms with Gasteiger partial charge in [0.25, 0.3) is 0 Å². The molecule has 1 aliphatic heterocycles. The molecule has 5 fully saturated rings. The Balaban J connectivity index is 0.000000397. The van der Waals surface area contributed by atoms with Crippen LogP contribution in [0.25, 0.3) is 0 Å². The Kier molecular flexibility index (Phi) is 12.1. The minimum Gasteiger partial charge on any atom is -0.479 e. The summed E-state index contributed by atoms with van der Waals surface area (Å²) in [6.45, 7) is 6.72. The number of carboxylic acids is 2. The van der Waals surface area contributed by atoms with Crippen molar-refractivity contribution >= 4 is 35.6 Å². The van der Waals surface area contributed by atoms with Gasteiger partial charge in [0, 0.05) is 45.0 Å². The summed E-state index contributed by atoms with van der Waals surface area (Å²) in [4.78, 5) is 51.6. The quantitative estimate of drug-likeness (QED) is 0.231. The van der Waals surface area contributed by atoms with E-state index in [9.17, 15) is 19.2 Å². The number of aliphatic hydroxyl groups is 2. The lowest BCUT2D eigenvalue weighted by molar-refractivity contribution is -0.165. The van der Waals surface area contributed by atoms with Crippen LogP contribution in [0.3, 0.4) is 0 Å². The number of rotatable bonds is 11. The van der Waals surface area contributed by atoms with Gasteiger partial charge in [0.15, 0.2) is 12.2 Å². The number of carbonyl (C=O) groups is 4. The molecule has 1 heterocycles. The highest BCUT2D eigenvalue weighted by atomic mass is 32.2. The predicted octanol–water partition coefficient (Wildman–Crippen LogP) is 1.01. The molecule has 4 saturated carbocycles. The van der Waals surface area contributed by atoms with Crippen LogP contribution in [0.5, 0.6) is 0 Å². The first kappa shape index (κ1) is 33.4. The van der Waals surface area contributed by atoms with Crippen LogP contribution in [0.4, 0.5) is 4.79 Å². The summed E-state index contributed by atoms with van der Waals surface area (Å²) < 4.78 is 0. The third-order valence-corrected chi connectivity index (χ3v) is 9.85. The molecule has 3 atom stereocenters. The Labute approximate surface area is 246 Å². The van der Waals surface area contributed by atoms with Gasteiger partial charge in [0.05, 0.1) is 0 Å². The number of carbonyl (C=O) groups excluding carboxylic acids is 2. The number of hydrogen-bond donors (Lipinski definition) is 5. The molecule has 13 heteroatoms. The van der Waals surface area contributed by atoms with E-state index in [0.717, 1.165) is 69.2 Å². The molecule has 4 aliphatic carbocycles. The van der Waals surface area contributed by atoms with Crippen molar-refractivity contribution in [3.05, 3.63) is 0 Å². The molecule has 2 unspecified atom stereocenters. The molecule has 3 amide bonds. The van der Waals surface area contributed by atoms with Gasteiger partial charge in [-0.2, -0.15) is 11.8 Å². The minimum atomic E-state index is -2.27. The Morgan fingerprint density at radius 1 is 0.902 bits per heavy atom. The van der Waals surface area contributed by atoms with Crippen LogP contribution in [-0.4, -0.2) is 136 Å². The van der Waals surface area contributed by atoms with Crippen molar-refractivity contribution < 1.29 is 39.6 Å². The number of thioether (sulfide) groups is 1. The normalized spacial score (nSPS) is 29.1. The average Bonchev–Trinajstić information content (AvgIpc) is 2.91. The van der Waals surface area contributed by atoms with E-state index >= 15 is 0 Å². The van der Waals surface area contributed by atoms with Crippen molar-refractivity contribution in [2.45, 2.75) is 70.1 Å². The summed E-state index contributed by atoms with van der Waals surface area (Å²) in [5.74, 6) is 0.287. The summed E-state index contributed by atoms with van der Waals surface area (Å²) in [6, 6.07) is -0.527. The third kappa shape index (κ3) is 9.20. The number of likely N-dealkylation sites (N-methyl/N-ethyl adjacent to an activating group) is 1. The molecule has 234 valence electrons. The number of aliphatic hydroxyl groups excluding tert-OH is 2. The van der Waals surface area contributed by atoms with Crippen LogP contribution < -0.4 is 5.32 Å². The van der Waals surface area contributed by atoms with E-state index in [4.69, 9.17) is 20.4 Å². The van der Waals surface area contributed by atoms with Crippen LogP contribution in [-0.2, 0) is 14.4 Å². The summed E-state index contributed by atoms with van der Waals surface area (Å²) in [6.07, 6.45) is 7.23. The Morgan fingerprint density at radius 2 is 1.39 bits per heavy atom. The van der Waals surface area contributed by atoms with Gasteiger partial charge >= 0.3 is 18.0 Å². The van der Waals surface area contributed by atoms with E-state index in [1.54, 1.807) is 11.8 Å². The molecule has 0 radical (unpaired) electrons. The Bertz CT molecular complexity index is 875. The van der Waals surface area contributed by atoms with Crippen molar-refractivity contribution in [1.29, 1.82) is 0 Å². The number of urea groups is 1. The first-order chi connectivity index (χ1) is 19.3. The summed E-state index contributed by atoms with van der Waals surface area (Å²) in [7, 11) is 2.08. The lowest BCUT2D eigenvalue weighted by Crippen LogP contribution is -2.55. The summed E-state index contributed by atoms with van der Waals surface area (Å²) in [5, 5.41) is 35.6. The third-order valence-electron chi connectivity index (χ3n) is 9.26. The van der Waals surface area contributed by atoms with Crippen LogP contribution in [0.2, 0.25) is 0 Å². The Hall–Kier alpha value is -2.09. The second kappa shape index (κ2) is 14.9. The SMILES string of the molecule is CSCCN(CCC12CC3CC(CC(C3)C1)C2)C(=O)N[C@@H](C)C(=O)N1CCN(C)CC1.O=C(O)C(O)C(O)C(=O)O. The summed E-state index contributed by atoms with van der Waals surface area (Å²) >= 11 is 1.78. The molecule has 1 saturated heterocycles. The van der Waals surface area contributed by atoms with Gasteiger partial charge in [-0.25, -0.2) is 14.4 Å². The lowest BCUT2D eigenvalue weighted by atomic mass is 9.49. The smallest absolute Gasteiger partial charge is 0.335 e. The van der Waals surface area contributed by atoms with Crippen LogP contribution in [0.1, 0.15) is 51.9 Å². The van der Waals surface area contributed by atoms with Crippen molar-refractivity contribution in [1.82, 2.24) is 20.0 Å². The van der Waals surface area contributed by atoms with Crippen molar-refractivity contribution in [2.75, 3.05) is 58.3 Å². The molecule has 41 heavy (non-hydrogen) atoms. The molecule has 0 spiro atoms. The fourth-order valence-electron chi connectivity index (χ4n) is 7.39. The second-order valence-corrected chi connectivity index (χ2v) is 13.5. The zero-order valence-electron chi connectivity index (χ0n) is 24.5. The molecular weight excluding hydrogens is 552 g/mol. The lowest BCUT2D eigenvalue weighted by Gasteiger charge is -2.57. The number of aliphatic carboxylic acids is 2. The maximum Gasteiger partial charge on any atom is 0.335 e. The number of nitrogens with zero attached hydrogens (tertiary/aromatic N) is 3. The summed E-state index contributed by atoms with van der Waals surface area (Å²) in [5.41, 5.74) is 0.480. The number of hydrogen-bond acceptors (Lipinski definition) is 8. The molecule has 5 rings (SSSR count). The Morgan fingerprint density at radius 3 is 1.83 bits per heavy atom. The van der Waals surface area contributed by atoms with Crippen molar-refractivity contribution in [3.8, 4) is 0 Å². The number of amides is 3. The van der Waals surface area contributed by atoms with Gasteiger partial charge in [0.1, 0.15) is 6.04 Å². The van der Waals surface area contributed by atoms with Gasteiger partial charge < -0.3 is 40.4 Å². The number of nitrogens with one attached hydrogen (secondary N) is 1. The maximum absolute atomic E-state index is 13.1. The molecule has 12 nitrogen and oxygen atoms in total. The molecule has 0 aromatic heterocycles. The number of piperazine rings is 1. The largest absolute Gasteiger partial charge is 0.479 e. The maximum atomic E-state index is 13.1. The molecule has 5 aliphatic rings. The first-order valence-electron chi connectivity index (χ1n) is 14.7. The molecular formula is C28H48N4O8S. The first-order valence-corrected chi connectivity index (χ1v) is 16.1. The van der Waals surface area contributed by atoms with E-state index < -0.39 is 30.2 Å². The van der Waals surface area contributed by atoms with E-state index in [1.165, 1.54) is 38.5 Å². The van der Waals surface area contributed by atoms with Gasteiger partial charge in [-0.1, -0.05) is 0 Å². The highest BCUT2D eigenvalue weighted by Gasteiger charge is 2.50. The highest BCUT2D eigenvalue weighted by molar-refractivity contribution is 7.98.